The van der Waals surface area contributed by atoms with Crippen LogP contribution in [0.4, 0.5) is 0 Å². The Kier molecular flexibility index (Phi) is 7.29. The topological polar surface area (TPSA) is 9.23 Å². The van der Waals surface area contributed by atoms with Crippen molar-refractivity contribution in [2.75, 3.05) is 6.61 Å². The normalized spacial score (nSPS) is 15.5. The molecule has 1 nitrogen and oxygen atoms in total. The average molecular weight is 200 g/mol. The third-order valence-electron chi connectivity index (χ3n) is 2.64. The van der Waals surface area contributed by atoms with Gasteiger partial charge in [-0.2, -0.15) is 0 Å². The van der Waals surface area contributed by atoms with E-state index in [4.69, 9.17) is 4.43 Å². The highest BCUT2D eigenvalue weighted by molar-refractivity contribution is 5.97. The van der Waals surface area contributed by atoms with Crippen LogP contribution < -0.4 is 0 Å². The fraction of sp³-hybridized carbons (Fsp3) is 0.818. The highest BCUT2D eigenvalue weighted by Gasteiger charge is 2.24. The third kappa shape index (κ3) is 4.63. The van der Waals surface area contributed by atoms with Gasteiger partial charge in [0.1, 0.15) is 10.5 Å². The highest BCUT2D eigenvalue weighted by atomic mass is 28.2. The summed E-state index contributed by atoms with van der Waals surface area (Å²) < 4.78 is 5.42. The summed E-state index contributed by atoms with van der Waals surface area (Å²) in [7, 11) is 0.842. The van der Waals surface area contributed by atoms with Gasteiger partial charge in [0.15, 0.2) is 0 Å². The van der Waals surface area contributed by atoms with Gasteiger partial charge in [-0.25, -0.2) is 0 Å². The summed E-state index contributed by atoms with van der Waals surface area (Å²) in [6.45, 7) is 9.32. The quantitative estimate of drug-likeness (QED) is 0.432. The summed E-state index contributed by atoms with van der Waals surface area (Å²) in [6.07, 6.45) is 8.35. The summed E-state index contributed by atoms with van der Waals surface area (Å²) in [5.41, 5.74) is 0.270. The van der Waals surface area contributed by atoms with Crippen molar-refractivity contribution in [3.05, 3.63) is 12.7 Å². The van der Waals surface area contributed by atoms with E-state index in [1.165, 1.54) is 32.1 Å². The molecular weight excluding hydrogens is 176 g/mol. The van der Waals surface area contributed by atoms with Gasteiger partial charge in [-0.05, 0) is 12.8 Å². The number of hydrogen-bond donors (Lipinski definition) is 0. The zero-order valence-electron chi connectivity index (χ0n) is 9.44. The van der Waals surface area contributed by atoms with Crippen LogP contribution in [0.2, 0.25) is 0 Å². The molecule has 0 aromatic carbocycles. The molecule has 0 heterocycles. The molecule has 2 heteroatoms. The van der Waals surface area contributed by atoms with Crippen LogP contribution in [-0.4, -0.2) is 17.1 Å². The second-order valence-corrected chi connectivity index (χ2v) is 4.43. The van der Waals surface area contributed by atoms with Crippen molar-refractivity contribution in [3.63, 3.8) is 0 Å². The van der Waals surface area contributed by atoms with Gasteiger partial charge >= 0.3 is 0 Å². The summed E-state index contributed by atoms with van der Waals surface area (Å²) in [4.78, 5) is 0. The van der Waals surface area contributed by atoms with Crippen molar-refractivity contribution in [3.8, 4) is 0 Å². The van der Waals surface area contributed by atoms with Gasteiger partial charge in [-0.3, -0.25) is 0 Å². The maximum atomic E-state index is 5.42. The zero-order chi connectivity index (χ0) is 10.2. The largest absolute Gasteiger partial charge is 0.427 e. The van der Waals surface area contributed by atoms with Gasteiger partial charge in [0.25, 0.3) is 0 Å². The first-order valence-corrected chi connectivity index (χ1v) is 6.19. The summed E-state index contributed by atoms with van der Waals surface area (Å²) in [5, 5.41) is 0. The van der Waals surface area contributed by atoms with E-state index in [1.54, 1.807) is 0 Å². The smallest absolute Gasteiger partial charge is 0.146 e. The number of hydrogen-bond acceptors (Lipinski definition) is 1. The number of rotatable bonds is 8. The second kappa shape index (κ2) is 7.33. The van der Waals surface area contributed by atoms with Gasteiger partial charge in [-0.15, -0.1) is 6.58 Å². The van der Waals surface area contributed by atoms with Gasteiger partial charge in [-0.1, -0.05) is 39.2 Å². The van der Waals surface area contributed by atoms with Gasteiger partial charge in [0.05, 0.1) is 0 Å². The lowest BCUT2D eigenvalue weighted by molar-refractivity contribution is 0.176. The Morgan fingerprint density at radius 2 is 2.00 bits per heavy atom. The standard InChI is InChI=1S/C11H24OSi/c1-4-7-9-11(6-3,8-5-2)10-12-13/h6H,3-5,7-10H2,1-2,13H3. The molecule has 78 valence electrons. The molecule has 0 aromatic heterocycles. The molecule has 0 fully saturated rings. The Bertz CT molecular complexity index is 128. The fourth-order valence-corrected chi connectivity index (χ4v) is 2.42. The minimum absolute atomic E-state index is 0.270. The van der Waals surface area contributed by atoms with Crippen molar-refractivity contribution in [1.82, 2.24) is 0 Å². The number of unbranched alkanes of at least 4 members (excludes halogenated alkanes) is 1. The van der Waals surface area contributed by atoms with E-state index >= 15 is 0 Å². The summed E-state index contributed by atoms with van der Waals surface area (Å²) in [6, 6.07) is 0. The third-order valence-corrected chi connectivity index (χ3v) is 2.93. The predicted octanol–water partition coefficient (Wildman–Crippen LogP) is 2.45. The molecule has 0 bridgehead atoms. The van der Waals surface area contributed by atoms with Crippen molar-refractivity contribution in [1.29, 1.82) is 0 Å². The van der Waals surface area contributed by atoms with E-state index < -0.39 is 0 Å². The second-order valence-electron chi connectivity index (χ2n) is 3.85. The lowest BCUT2D eigenvalue weighted by Crippen LogP contribution is -2.24. The zero-order valence-corrected chi connectivity index (χ0v) is 11.4. The van der Waals surface area contributed by atoms with Crippen molar-refractivity contribution >= 4 is 10.5 Å². The molecule has 0 saturated carbocycles. The molecule has 0 aromatic rings. The Hall–Kier alpha value is -0.0831. The Labute approximate surface area is 86.1 Å². The molecule has 0 saturated heterocycles. The van der Waals surface area contributed by atoms with E-state index in [9.17, 15) is 0 Å². The predicted molar refractivity (Wildman–Crippen MR) is 63.0 cm³/mol. The van der Waals surface area contributed by atoms with E-state index in [1.807, 2.05) is 0 Å². The SMILES string of the molecule is C=CC(CCC)(CCCC)CO[SiH3]. The van der Waals surface area contributed by atoms with Gasteiger partial charge < -0.3 is 4.43 Å². The van der Waals surface area contributed by atoms with Crippen molar-refractivity contribution < 1.29 is 4.43 Å². The summed E-state index contributed by atoms with van der Waals surface area (Å²) >= 11 is 0. The molecular formula is C11H24OSi. The minimum Gasteiger partial charge on any atom is -0.427 e. The maximum Gasteiger partial charge on any atom is 0.146 e. The van der Waals surface area contributed by atoms with Crippen LogP contribution in [0.5, 0.6) is 0 Å². The molecule has 0 N–H and O–H groups in total. The summed E-state index contributed by atoms with van der Waals surface area (Å²) in [5.74, 6) is 0. The van der Waals surface area contributed by atoms with Crippen molar-refractivity contribution in [2.24, 2.45) is 5.41 Å². The molecule has 0 spiro atoms. The van der Waals surface area contributed by atoms with Gasteiger partial charge in [0.2, 0.25) is 0 Å². The van der Waals surface area contributed by atoms with E-state index in [2.05, 4.69) is 26.5 Å². The average Bonchev–Trinajstić information content (AvgIpc) is 2.15. The Balaban J connectivity index is 4.16. The van der Waals surface area contributed by atoms with Gasteiger partial charge in [0, 0.05) is 12.0 Å². The van der Waals surface area contributed by atoms with Crippen molar-refractivity contribution in [2.45, 2.75) is 46.0 Å². The molecule has 0 rings (SSSR count). The van der Waals surface area contributed by atoms with Crippen LogP contribution >= 0.6 is 0 Å². The first kappa shape index (κ1) is 12.9. The van der Waals surface area contributed by atoms with Crippen LogP contribution in [0, 0.1) is 5.41 Å². The van der Waals surface area contributed by atoms with Crippen LogP contribution in [0.15, 0.2) is 12.7 Å². The highest BCUT2D eigenvalue weighted by Crippen LogP contribution is 2.31. The van der Waals surface area contributed by atoms with Crippen LogP contribution in [-0.2, 0) is 4.43 Å². The minimum atomic E-state index is 0.270. The first-order chi connectivity index (χ1) is 6.24. The lowest BCUT2D eigenvalue weighted by atomic mass is 9.80. The maximum absolute atomic E-state index is 5.42. The van der Waals surface area contributed by atoms with E-state index in [0.717, 1.165) is 17.1 Å². The molecule has 13 heavy (non-hydrogen) atoms. The van der Waals surface area contributed by atoms with Crippen LogP contribution in [0.3, 0.4) is 0 Å². The molecule has 0 aliphatic carbocycles. The van der Waals surface area contributed by atoms with E-state index in [0.29, 0.717) is 0 Å². The molecule has 1 unspecified atom stereocenters. The molecule has 0 amide bonds. The Morgan fingerprint density at radius 1 is 1.31 bits per heavy atom. The van der Waals surface area contributed by atoms with Crippen LogP contribution in [0.25, 0.3) is 0 Å². The fourth-order valence-electron chi connectivity index (χ4n) is 1.85. The Morgan fingerprint density at radius 3 is 2.38 bits per heavy atom. The van der Waals surface area contributed by atoms with Crippen LogP contribution in [0.1, 0.15) is 46.0 Å². The lowest BCUT2D eigenvalue weighted by Gasteiger charge is -2.29. The molecule has 0 aliphatic rings. The molecule has 0 aliphatic heterocycles. The monoisotopic (exact) mass is 200 g/mol. The molecule has 1 atom stereocenters. The molecule has 0 radical (unpaired) electrons. The first-order valence-electron chi connectivity index (χ1n) is 5.37. The van der Waals surface area contributed by atoms with E-state index in [-0.39, 0.29) is 5.41 Å².